The van der Waals surface area contributed by atoms with Gasteiger partial charge in [0, 0.05) is 12.6 Å². The summed E-state index contributed by atoms with van der Waals surface area (Å²) in [5.74, 6) is 1.20. The Morgan fingerprint density at radius 3 is 2.71 bits per heavy atom. The molecule has 1 saturated carbocycles. The van der Waals surface area contributed by atoms with E-state index in [2.05, 4.69) is 23.4 Å². The van der Waals surface area contributed by atoms with Crippen molar-refractivity contribution in [1.29, 1.82) is 0 Å². The van der Waals surface area contributed by atoms with E-state index in [1.54, 1.807) is 11.0 Å². The van der Waals surface area contributed by atoms with Crippen LogP contribution in [0, 0.1) is 0 Å². The number of likely N-dealkylation sites (tertiary alicyclic amines) is 1. The lowest BCUT2D eigenvalue weighted by Crippen LogP contribution is -2.59. The quantitative estimate of drug-likeness (QED) is 0.502. The minimum absolute atomic E-state index is 0.0408. The highest BCUT2D eigenvalue weighted by molar-refractivity contribution is 7.88. The van der Waals surface area contributed by atoms with E-state index in [1.165, 1.54) is 5.56 Å². The Balaban J connectivity index is 1.66. The van der Waals surface area contributed by atoms with Crippen molar-refractivity contribution in [2.45, 2.75) is 82.6 Å². The van der Waals surface area contributed by atoms with Crippen molar-refractivity contribution >= 4 is 16.1 Å². The molecule has 0 aromatic heterocycles. The van der Waals surface area contributed by atoms with E-state index in [9.17, 15) is 13.2 Å². The van der Waals surface area contributed by atoms with E-state index in [-0.39, 0.29) is 12.7 Å². The number of piperidine rings is 1. The normalized spacial score (nSPS) is 25.3. The third kappa shape index (κ3) is 8.51. The van der Waals surface area contributed by atoms with Crippen LogP contribution < -0.4 is 9.46 Å². The Morgan fingerprint density at radius 1 is 1.26 bits per heavy atom. The zero-order valence-electron chi connectivity index (χ0n) is 21.4. The molecule has 1 aliphatic carbocycles. The first-order valence-corrected chi connectivity index (χ1v) is 14.3. The average molecular weight is 509 g/mol. The fourth-order valence-corrected chi connectivity index (χ4v) is 5.69. The molecule has 0 bridgehead atoms. The van der Waals surface area contributed by atoms with Crippen molar-refractivity contribution in [1.82, 2.24) is 9.62 Å². The van der Waals surface area contributed by atoms with E-state index in [1.807, 2.05) is 32.9 Å². The molecule has 9 heteroatoms. The largest absolute Gasteiger partial charge is 0.490 e. The highest BCUT2D eigenvalue weighted by atomic mass is 32.2. The molecule has 1 heterocycles. The van der Waals surface area contributed by atoms with Crippen molar-refractivity contribution < 1.29 is 27.4 Å². The lowest BCUT2D eigenvalue weighted by atomic mass is 9.97. The zero-order chi connectivity index (χ0) is 25.6. The lowest BCUT2D eigenvalue weighted by Gasteiger charge is -2.41. The molecule has 1 amide bonds. The Labute approximate surface area is 210 Å². The number of nitrogens with zero attached hydrogens (tertiary/aromatic N) is 1. The van der Waals surface area contributed by atoms with Crippen LogP contribution in [-0.2, 0) is 19.5 Å². The standard InChI is InChI=1S/C26H40N2O6S/c1-6-15-32-21-10-7-9-19(16-21)20-12-13-22(17-20)33-18-24-23(27-35(5,30)31)11-8-14-28(24)25(29)34-26(2,3)4/h6-7,9-10,16,20,22-24,27H,1,8,11-15,17-18H2,2-5H3/t20-,22+,23-,24-/m0/s1. The molecule has 3 rings (SSSR count). The SMILES string of the molecule is C=CCOc1cccc([C@H]2CC[C@@H](OC[C@H]3[C@@H](NS(C)(=O)=O)CCCN3C(=O)OC(C)(C)C)C2)c1. The molecule has 1 N–H and O–H groups in total. The van der Waals surface area contributed by atoms with E-state index >= 15 is 0 Å². The molecule has 196 valence electrons. The van der Waals surface area contributed by atoms with Crippen molar-refractivity contribution in [3.8, 4) is 5.75 Å². The summed E-state index contributed by atoms with van der Waals surface area (Å²) in [7, 11) is -3.44. The molecule has 35 heavy (non-hydrogen) atoms. The maximum atomic E-state index is 12.9. The van der Waals surface area contributed by atoms with E-state index < -0.39 is 33.8 Å². The van der Waals surface area contributed by atoms with E-state index in [0.717, 1.165) is 31.3 Å². The van der Waals surface area contributed by atoms with Crippen LogP contribution in [0.1, 0.15) is 64.4 Å². The second-order valence-corrected chi connectivity index (χ2v) is 12.3. The first-order chi connectivity index (χ1) is 16.4. The van der Waals surface area contributed by atoms with Gasteiger partial charge in [0.2, 0.25) is 10.0 Å². The maximum Gasteiger partial charge on any atom is 0.410 e. The van der Waals surface area contributed by atoms with Gasteiger partial charge in [0.05, 0.1) is 25.0 Å². The lowest BCUT2D eigenvalue weighted by molar-refractivity contribution is -0.0292. The van der Waals surface area contributed by atoms with Crippen LogP contribution in [0.4, 0.5) is 4.79 Å². The molecule has 8 nitrogen and oxygen atoms in total. The van der Waals surface area contributed by atoms with Crippen LogP contribution in [0.5, 0.6) is 5.75 Å². The first-order valence-electron chi connectivity index (χ1n) is 12.4. The Bertz CT molecular complexity index is 974. The maximum absolute atomic E-state index is 12.9. The third-order valence-electron chi connectivity index (χ3n) is 6.36. The monoisotopic (exact) mass is 508 g/mol. The van der Waals surface area contributed by atoms with Crippen molar-refractivity contribution in [3.05, 3.63) is 42.5 Å². The van der Waals surface area contributed by atoms with Crippen LogP contribution in [0.15, 0.2) is 36.9 Å². The number of carbonyl (C=O) groups excluding carboxylic acids is 1. The number of sulfonamides is 1. The fourth-order valence-electron chi connectivity index (χ4n) is 4.87. The van der Waals surface area contributed by atoms with Gasteiger partial charge >= 0.3 is 6.09 Å². The highest BCUT2D eigenvalue weighted by Crippen LogP contribution is 2.37. The van der Waals surface area contributed by atoms with Gasteiger partial charge in [-0.15, -0.1) is 0 Å². The summed E-state index contributed by atoms with van der Waals surface area (Å²) >= 11 is 0. The van der Waals surface area contributed by atoms with Gasteiger partial charge in [-0.25, -0.2) is 17.9 Å². The summed E-state index contributed by atoms with van der Waals surface area (Å²) < 4.78 is 44.3. The molecule has 1 aromatic rings. The summed E-state index contributed by atoms with van der Waals surface area (Å²) in [5.41, 5.74) is 0.588. The number of hydrogen-bond donors (Lipinski definition) is 1. The molecule has 0 unspecified atom stereocenters. The van der Waals surface area contributed by atoms with Crippen LogP contribution in [0.2, 0.25) is 0 Å². The summed E-state index contributed by atoms with van der Waals surface area (Å²) in [6, 6.07) is 7.30. The van der Waals surface area contributed by atoms with E-state index in [0.29, 0.717) is 31.9 Å². The number of hydrogen-bond acceptors (Lipinski definition) is 6. The molecule has 1 saturated heterocycles. The van der Waals surface area contributed by atoms with E-state index in [4.69, 9.17) is 14.2 Å². The summed E-state index contributed by atoms with van der Waals surface area (Å²) in [4.78, 5) is 14.6. The van der Waals surface area contributed by atoms with Gasteiger partial charge in [-0.2, -0.15) is 0 Å². The molecular weight excluding hydrogens is 468 g/mol. The second-order valence-electron chi connectivity index (χ2n) is 10.5. The Hall–Kier alpha value is -2.10. The highest BCUT2D eigenvalue weighted by Gasteiger charge is 2.39. The van der Waals surface area contributed by atoms with Gasteiger partial charge in [0.1, 0.15) is 18.0 Å². The van der Waals surface area contributed by atoms with Gasteiger partial charge in [0.25, 0.3) is 0 Å². The number of benzene rings is 1. The molecule has 0 spiro atoms. The average Bonchev–Trinajstić information content (AvgIpc) is 3.24. The minimum atomic E-state index is -3.44. The molecular formula is C26H40N2O6S. The number of carbonyl (C=O) groups is 1. The minimum Gasteiger partial charge on any atom is -0.490 e. The van der Waals surface area contributed by atoms with Crippen molar-refractivity contribution in [2.24, 2.45) is 0 Å². The third-order valence-corrected chi connectivity index (χ3v) is 7.09. The van der Waals surface area contributed by atoms with Crippen LogP contribution in [0.3, 0.4) is 0 Å². The Morgan fingerprint density at radius 2 is 2.03 bits per heavy atom. The molecule has 2 fully saturated rings. The first kappa shape index (κ1) is 27.5. The zero-order valence-corrected chi connectivity index (χ0v) is 22.2. The van der Waals surface area contributed by atoms with Crippen LogP contribution in [0.25, 0.3) is 0 Å². The van der Waals surface area contributed by atoms with Crippen molar-refractivity contribution in [2.75, 3.05) is 26.0 Å². The van der Waals surface area contributed by atoms with Gasteiger partial charge in [-0.3, -0.25) is 0 Å². The summed E-state index contributed by atoms with van der Waals surface area (Å²) in [6.07, 6.45) is 6.59. The molecule has 1 aliphatic heterocycles. The number of amides is 1. The second kappa shape index (κ2) is 11.8. The fraction of sp³-hybridized carbons (Fsp3) is 0.654. The Kier molecular flexibility index (Phi) is 9.23. The topological polar surface area (TPSA) is 94.2 Å². The predicted molar refractivity (Wildman–Crippen MR) is 136 cm³/mol. The molecule has 1 aromatic carbocycles. The molecule has 2 aliphatic rings. The van der Waals surface area contributed by atoms with Gasteiger partial charge in [0.15, 0.2) is 0 Å². The number of rotatable bonds is 9. The van der Waals surface area contributed by atoms with Crippen LogP contribution in [-0.4, -0.2) is 69.2 Å². The summed E-state index contributed by atoms with van der Waals surface area (Å²) in [5, 5.41) is 0. The molecule has 4 atom stereocenters. The van der Waals surface area contributed by atoms with Gasteiger partial charge in [-0.05, 0) is 76.5 Å². The van der Waals surface area contributed by atoms with Gasteiger partial charge < -0.3 is 19.1 Å². The number of ether oxygens (including phenoxy) is 3. The smallest absolute Gasteiger partial charge is 0.410 e. The number of nitrogens with one attached hydrogen (secondary N) is 1. The predicted octanol–water partition coefficient (Wildman–Crippen LogP) is 4.22. The van der Waals surface area contributed by atoms with Crippen LogP contribution >= 0.6 is 0 Å². The summed E-state index contributed by atoms with van der Waals surface area (Å²) in [6.45, 7) is 10.4. The molecule has 0 radical (unpaired) electrons. The van der Waals surface area contributed by atoms with Crippen molar-refractivity contribution in [3.63, 3.8) is 0 Å². The van der Waals surface area contributed by atoms with Gasteiger partial charge in [-0.1, -0.05) is 24.8 Å².